The standard InChI is InChI=1S/C48H70N16O8/c1-27(2)40(41(51)66)64-47(72)37(20-29-12-5-4-6-13-29)62-45(70)35(16-9-10-18-49)60-39(65)25-57-44(69)38(21-30-23-56-34-15-8-7-14-32(30)34)63-46(71)36(17-11-19-55-48(52)53)61-42(67)28(3)59-43(68)33(50)22-31-24-54-26-58-31/h4-8,12-15,23-24,26-28,33,35-38,40,56H,9-11,16-22,25,49-50H2,1-3H3,(H2,51,66)(H,54,58)(H,57,69)(H,59,68)(H,60,65)(H,61,67)(H,62,70)(H,63,71)(H,64,72)(H4,52,53,55)/t28-,33-,35-,36-,37-,38-,40-/m0/s1. The number of nitrogens with two attached hydrogens (primary N) is 5. The lowest BCUT2D eigenvalue weighted by atomic mass is 10.0. The van der Waals surface area contributed by atoms with Crippen LogP contribution in [0.25, 0.3) is 10.9 Å². The number of hydrogen-bond donors (Lipinski definition) is 14. The van der Waals surface area contributed by atoms with E-state index in [-0.39, 0.29) is 56.9 Å². The SMILES string of the molecule is CC(C)[C@H](NC(=O)[C@H](Cc1ccccc1)NC(=O)[C@H](CCCCN)NC(=O)CNC(=O)[C@H](Cc1c[nH]c2ccccc12)NC(=O)[C@H](CCCN=C(N)N)NC(=O)[C@H](C)NC(=O)[C@@H](N)Cc1cnc[nH]1)C(N)=O. The number of aliphatic imine (C=N–C) groups is 1. The molecule has 72 heavy (non-hydrogen) atoms. The fraction of sp³-hybridized carbons (Fsp3) is 0.458. The van der Waals surface area contributed by atoms with Crippen LogP contribution in [0.5, 0.6) is 0 Å². The Morgan fingerprint density at radius 2 is 1.28 bits per heavy atom. The molecule has 0 aliphatic carbocycles. The Hall–Kier alpha value is -7.86. The second kappa shape index (κ2) is 28.7. The number of H-pyrrole nitrogens is 2. The van der Waals surface area contributed by atoms with E-state index < -0.39 is 96.1 Å². The van der Waals surface area contributed by atoms with Gasteiger partial charge in [-0.15, -0.1) is 0 Å². The third-order valence-electron chi connectivity index (χ3n) is 11.6. The van der Waals surface area contributed by atoms with E-state index >= 15 is 0 Å². The molecule has 0 bridgehead atoms. The highest BCUT2D eigenvalue weighted by Crippen LogP contribution is 2.19. The second-order valence-corrected chi connectivity index (χ2v) is 17.8. The van der Waals surface area contributed by atoms with Crippen LogP contribution in [-0.4, -0.2) is 130 Å². The van der Waals surface area contributed by atoms with Crippen LogP contribution in [-0.2, 0) is 57.6 Å². The second-order valence-electron chi connectivity index (χ2n) is 17.8. The highest BCUT2D eigenvalue weighted by molar-refractivity contribution is 5.97. The number of hydrogen-bond acceptors (Lipinski definition) is 12. The summed E-state index contributed by atoms with van der Waals surface area (Å²) in [7, 11) is 0. The zero-order valence-electron chi connectivity index (χ0n) is 40.9. The summed E-state index contributed by atoms with van der Waals surface area (Å²) in [5.41, 5.74) is 31.1. The number of rotatable bonds is 30. The fourth-order valence-corrected chi connectivity index (χ4v) is 7.63. The Morgan fingerprint density at radius 3 is 1.92 bits per heavy atom. The third-order valence-corrected chi connectivity index (χ3v) is 11.6. The molecule has 4 aromatic rings. The van der Waals surface area contributed by atoms with Crippen molar-refractivity contribution in [3.8, 4) is 0 Å². The summed E-state index contributed by atoms with van der Waals surface area (Å²) >= 11 is 0. The number of unbranched alkanes of at least 4 members (excludes halogenated alkanes) is 1. The Bertz CT molecular complexity index is 2460. The van der Waals surface area contributed by atoms with Crippen molar-refractivity contribution in [3.63, 3.8) is 0 Å². The van der Waals surface area contributed by atoms with E-state index in [2.05, 4.69) is 57.2 Å². The summed E-state index contributed by atoms with van der Waals surface area (Å²) in [6.45, 7) is 4.62. The molecule has 0 aliphatic heterocycles. The van der Waals surface area contributed by atoms with Gasteiger partial charge in [0.25, 0.3) is 0 Å². The lowest BCUT2D eigenvalue weighted by molar-refractivity contribution is -0.134. The van der Waals surface area contributed by atoms with Crippen LogP contribution < -0.4 is 65.9 Å². The number of benzene rings is 2. The normalized spacial score (nSPS) is 14.0. The first-order valence-corrected chi connectivity index (χ1v) is 23.8. The van der Waals surface area contributed by atoms with Crippen molar-refractivity contribution in [1.29, 1.82) is 0 Å². The van der Waals surface area contributed by atoms with Crippen molar-refractivity contribution in [2.45, 2.75) is 114 Å². The number of amides is 8. The van der Waals surface area contributed by atoms with E-state index in [1.54, 1.807) is 50.4 Å². The van der Waals surface area contributed by atoms with Gasteiger partial charge in [-0.1, -0.05) is 62.4 Å². The average Bonchev–Trinajstić information content (AvgIpc) is 4.02. The molecule has 24 heteroatoms. The molecular weight excluding hydrogens is 929 g/mol. The molecule has 8 amide bonds. The molecule has 0 aliphatic rings. The van der Waals surface area contributed by atoms with Gasteiger partial charge in [0.1, 0.15) is 36.3 Å². The predicted octanol–water partition coefficient (Wildman–Crippen LogP) is -2.39. The molecule has 0 saturated carbocycles. The number of carbonyl (C=O) groups excluding carboxylic acids is 8. The maximum atomic E-state index is 14.2. The third kappa shape index (κ3) is 18.5. The minimum Gasteiger partial charge on any atom is -0.370 e. The first kappa shape index (κ1) is 56.7. The summed E-state index contributed by atoms with van der Waals surface area (Å²) in [5, 5.41) is 19.3. The minimum atomic E-state index is -1.32. The van der Waals surface area contributed by atoms with Crippen molar-refractivity contribution in [2.24, 2.45) is 39.6 Å². The van der Waals surface area contributed by atoms with E-state index in [1.807, 2.05) is 24.3 Å². The van der Waals surface area contributed by atoms with Crippen LogP contribution in [0.1, 0.15) is 69.7 Å². The van der Waals surface area contributed by atoms with E-state index in [4.69, 9.17) is 28.7 Å². The molecule has 390 valence electrons. The Kier molecular flexibility index (Phi) is 22.6. The molecule has 0 spiro atoms. The number of fused-ring (bicyclic) bond motifs is 1. The van der Waals surface area contributed by atoms with Crippen LogP contribution in [0.2, 0.25) is 0 Å². The molecule has 4 rings (SSSR count). The molecule has 2 aromatic carbocycles. The first-order valence-electron chi connectivity index (χ1n) is 23.8. The molecule has 0 saturated heterocycles. The van der Waals surface area contributed by atoms with Gasteiger partial charge in [0.05, 0.1) is 18.9 Å². The van der Waals surface area contributed by atoms with E-state index in [0.717, 1.165) is 10.9 Å². The topological polar surface area (TPSA) is 408 Å². The quantitative estimate of drug-likeness (QED) is 0.0148. The summed E-state index contributed by atoms with van der Waals surface area (Å²) in [6.07, 6.45) is 6.02. The van der Waals surface area contributed by atoms with Crippen molar-refractivity contribution in [3.05, 3.63) is 90.1 Å². The number of guanidine groups is 1. The number of nitrogens with one attached hydrogen (secondary N) is 9. The maximum absolute atomic E-state index is 14.2. The van der Waals surface area contributed by atoms with Gasteiger partial charge in [-0.2, -0.15) is 0 Å². The lowest BCUT2D eigenvalue weighted by Gasteiger charge is -2.26. The van der Waals surface area contributed by atoms with Crippen LogP contribution in [0.15, 0.2) is 78.3 Å². The molecule has 2 aromatic heterocycles. The molecular formula is C48H70N16O8. The highest BCUT2D eigenvalue weighted by Gasteiger charge is 2.32. The lowest BCUT2D eigenvalue weighted by Crippen LogP contribution is -2.59. The van der Waals surface area contributed by atoms with Gasteiger partial charge in [-0.05, 0) is 68.7 Å². The van der Waals surface area contributed by atoms with Crippen LogP contribution in [0, 0.1) is 5.92 Å². The smallest absolute Gasteiger partial charge is 0.243 e. The van der Waals surface area contributed by atoms with Crippen molar-refractivity contribution in [1.82, 2.24) is 52.2 Å². The number of carbonyl (C=O) groups is 8. The van der Waals surface area contributed by atoms with E-state index in [9.17, 15) is 38.4 Å². The van der Waals surface area contributed by atoms with Gasteiger partial charge in [0, 0.05) is 54.8 Å². The molecule has 2 heterocycles. The van der Waals surface area contributed by atoms with Gasteiger partial charge >= 0.3 is 0 Å². The number of aromatic nitrogens is 3. The summed E-state index contributed by atoms with van der Waals surface area (Å²) in [5.74, 6) is -6.31. The van der Waals surface area contributed by atoms with Crippen LogP contribution in [0.3, 0.4) is 0 Å². The highest BCUT2D eigenvalue weighted by atomic mass is 16.2. The minimum absolute atomic E-state index is 0.00309. The summed E-state index contributed by atoms with van der Waals surface area (Å²) < 4.78 is 0. The fourth-order valence-electron chi connectivity index (χ4n) is 7.63. The maximum Gasteiger partial charge on any atom is 0.243 e. The van der Waals surface area contributed by atoms with Gasteiger partial charge < -0.3 is 75.9 Å². The van der Waals surface area contributed by atoms with Crippen molar-refractivity contribution < 1.29 is 38.4 Å². The molecule has 0 fully saturated rings. The zero-order valence-corrected chi connectivity index (χ0v) is 40.9. The summed E-state index contributed by atoms with van der Waals surface area (Å²) in [6, 6.07) is 8.05. The van der Waals surface area contributed by atoms with Crippen LogP contribution in [0.4, 0.5) is 0 Å². The monoisotopic (exact) mass is 999 g/mol. The Labute approximate surface area is 417 Å². The number of imidazole rings is 1. The first-order chi connectivity index (χ1) is 34.4. The number of para-hydroxylation sites is 1. The average molecular weight is 999 g/mol. The van der Waals surface area contributed by atoms with Crippen molar-refractivity contribution >= 4 is 64.1 Å². The van der Waals surface area contributed by atoms with E-state index in [1.165, 1.54) is 19.4 Å². The molecule has 0 radical (unpaired) electrons. The number of aromatic amines is 2. The molecule has 24 nitrogen and oxygen atoms in total. The number of nitrogens with zero attached hydrogens (tertiary/aromatic N) is 2. The molecule has 19 N–H and O–H groups in total. The van der Waals surface area contributed by atoms with Gasteiger partial charge in [0.15, 0.2) is 5.96 Å². The van der Waals surface area contributed by atoms with Gasteiger partial charge in [0.2, 0.25) is 47.3 Å². The van der Waals surface area contributed by atoms with Gasteiger partial charge in [-0.25, -0.2) is 4.98 Å². The predicted molar refractivity (Wildman–Crippen MR) is 270 cm³/mol. The van der Waals surface area contributed by atoms with Gasteiger partial charge in [-0.3, -0.25) is 43.3 Å². The number of primary amides is 1. The van der Waals surface area contributed by atoms with Crippen LogP contribution >= 0.6 is 0 Å². The zero-order chi connectivity index (χ0) is 52.7. The van der Waals surface area contributed by atoms with Crippen molar-refractivity contribution in [2.75, 3.05) is 19.6 Å². The van der Waals surface area contributed by atoms with E-state index in [0.29, 0.717) is 36.2 Å². The molecule has 0 unspecified atom stereocenters. The largest absolute Gasteiger partial charge is 0.370 e. The summed E-state index contributed by atoms with van der Waals surface area (Å²) in [4.78, 5) is 122. The Morgan fingerprint density at radius 1 is 0.653 bits per heavy atom. The molecule has 7 atom stereocenters. The Balaban J connectivity index is 1.52.